The minimum atomic E-state index is -5.08. The van der Waals surface area contributed by atoms with Gasteiger partial charge in [-0.05, 0) is 36.8 Å². The molecule has 2 fully saturated rings. The predicted molar refractivity (Wildman–Crippen MR) is 116 cm³/mol. The van der Waals surface area contributed by atoms with E-state index in [-0.39, 0.29) is 18.3 Å². The number of amides is 1. The molecule has 2 aliphatic rings. The normalized spacial score (nSPS) is 21.7. The molecular weight excluding hydrogens is 480 g/mol. The van der Waals surface area contributed by atoms with Crippen LogP contribution in [0, 0.1) is 12.7 Å². The first kappa shape index (κ1) is 26.1. The van der Waals surface area contributed by atoms with Crippen LogP contribution in [-0.4, -0.2) is 73.1 Å². The molecule has 0 aliphatic carbocycles. The number of morpholine rings is 1. The summed E-state index contributed by atoms with van der Waals surface area (Å²) >= 11 is 1.61. The van der Waals surface area contributed by atoms with Crippen LogP contribution in [0.1, 0.15) is 10.4 Å². The highest BCUT2D eigenvalue weighted by atomic mass is 32.1. The molecule has 1 unspecified atom stereocenters. The van der Waals surface area contributed by atoms with E-state index in [0.717, 1.165) is 17.1 Å². The van der Waals surface area contributed by atoms with E-state index in [0.29, 0.717) is 32.8 Å². The Hall–Kier alpha value is -2.54. The van der Waals surface area contributed by atoms with Gasteiger partial charge in [-0.2, -0.15) is 13.2 Å². The van der Waals surface area contributed by atoms with Gasteiger partial charge in [0, 0.05) is 24.5 Å². The minimum absolute atomic E-state index is 0.0168. The van der Waals surface area contributed by atoms with Crippen molar-refractivity contribution in [2.45, 2.75) is 25.2 Å². The maximum absolute atomic E-state index is 13.2. The van der Waals surface area contributed by atoms with Crippen LogP contribution in [0.5, 0.6) is 0 Å². The Balaban J connectivity index is 0.000000406. The van der Waals surface area contributed by atoms with Crippen molar-refractivity contribution in [2.75, 3.05) is 44.4 Å². The lowest BCUT2D eigenvalue weighted by Gasteiger charge is -2.42. The van der Waals surface area contributed by atoms with Gasteiger partial charge in [-0.15, -0.1) is 11.3 Å². The predicted octanol–water partition coefficient (Wildman–Crippen LogP) is 3.46. The molecular formula is C22H24F4N2O5S. The monoisotopic (exact) mass is 504 g/mol. The van der Waals surface area contributed by atoms with Crippen molar-refractivity contribution in [3.05, 3.63) is 52.7 Å². The van der Waals surface area contributed by atoms with E-state index in [1.54, 1.807) is 23.5 Å². The molecule has 2 aromatic rings. The summed E-state index contributed by atoms with van der Waals surface area (Å²) in [5, 5.41) is 8.08. The molecule has 3 heterocycles. The molecule has 1 amide bonds. The number of aryl methyl sites for hydroxylation is 1. The lowest BCUT2D eigenvalue weighted by Crippen LogP contribution is -2.60. The number of thiophene rings is 1. The van der Waals surface area contributed by atoms with Crippen LogP contribution in [0.15, 0.2) is 36.4 Å². The molecule has 0 radical (unpaired) electrons. The number of hydrogen-bond donors (Lipinski definition) is 1. The minimum Gasteiger partial charge on any atom is -0.475 e. The number of aliphatic carboxylic acids is 1. The average Bonchev–Trinajstić information content (AvgIpc) is 3.10. The van der Waals surface area contributed by atoms with E-state index in [9.17, 15) is 22.4 Å². The van der Waals surface area contributed by atoms with Gasteiger partial charge in [0.15, 0.2) is 0 Å². The summed E-state index contributed by atoms with van der Waals surface area (Å²) in [6.07, 6.45) is -5.08. The quantitative estimate of drug-likeness (QED) is 0.646. The van der Waals surface area contributed by atoms with Gasteiger partial charge in [0.25, 0.3) is 5.91 Å². The fourth-order valence-corrected chi connectivity index (χ4v) is 4.51. The Morgan fingerprint density at radius 3 is 2.44 bits per heavy atom. The van der Waals surface area contributed by atoms with Gasteiger partial charge >= 0.3 is 12.1 Å². The molecule has 186 valence electrons. The third-order valence-corrected chi connectivity index (χ3v) is 6.26. The second kappa shape index (κ2) is 10.8. The lowest BCUT2D eigenvalue weighted by atomic mass is 10.0. The van der Waals surface area contributed by atoms with E-state index >= 15 is 0 Å². The van der Waals surface area contributed by atoms with Crippen LogP contribution in [-0.2, 0) is 25.6 Å². The van der Waals surface area contributed by atoms with E-state index in [1.807, 2.05) is 24.0 Å². The van der Waals surface area contributed by atoms with Crippen LogP contribution >= 0.6 is 11.3 Å². The summed E-state index contributed by atoms with van der Waals surface area (Å²) in [5.74, 6) is -3.00. The summed E-state index contributed by atoms with van der Waals surface area (Å²) in [7, 11) is 0. The summed E-state index contributed by atoms with van der Waals surface area (Å²) in [6.45, 7) is 5.78. The first-order chi connectivity index (χ1) is 16.0. The van der Waals surface area contributed by atoms with Gasteiger partial charge in [-0.3, -0.25) is 14.6 Å². The molecule has 7 nitrogen and oxygen atoms in total. The number of ether oxygens (including phenoxy) is 2. The lowest BCUT2D eigenvalue weighted by molar-refractivity contribution is -0.192. The zero-order valence-corrected chi connectivity index (χ0v) is 19.1. The van der Waals surface area contributed by atoms with Crippen LogP contribution < -0.4 is 4.90 Å². The number of rotatable bonds is 3. The van der Waals surface area contributed by atoms with Crippen LogP contribution in [0.25, 0.3) is 0 Å². The Morgan fingerprint density at radius 1 is 1.18 bits per heavy atom. The number of nitrogens with zero attached hydrogens (tertiary/aromatic N) is 2. The van der Waals surface area contributed by atoms with Crippen molar-refractivity contribution in [1.29, 1.82) is 0 Å². The molecule has 0 saturated carbocycles. The Bertz CT molecular complexity index is 998. The van der Waals surface area contributed by atoms with Crippen molar-refractivity contribution in [1.82, 2.24) is 4.90 Å². The zero-order valence-electron chi connectivity index (χ0n) is 18.3. The summed E-state index contributed by atoms with van der Waals surface area (Å²) < 4.78 is 56.8. The average molecular weight is 505 g/mol. The highest BCUT2D eigenvalue weighted by Gasteiger charge is 2.43. The standard InChI is InChI=1S/C20H23FN2O3S.C2HF3O2/c1-15-2-7-19(27-15)23-13-20(26-11-18(23)24)12-22(8-9-25-14-20)10-16-3-5-17(21)6-4-16;3-2(4,5)1(6)7/h2-7H,8-14H2,1H3;(H,6,7). The van der Waals surface area contributed by atoms with E-state index in [4.69, 9.17) is 19.4 Å². The van der Waals surface area contributed by atoms with Gasteiger partial charge in [-0.25, -0.2) is 9.18 Å². The second-order valence-corrected chi connectivity index (χ2v) is 9.29. The molecule has 34 heavy (non-hydrogen) atoms. The first-order valence-corrected chi connectivity index (χ1v) is 11.1. The van der Waals surface area contributed by atoms with E-state index < -0.39 is 17.7 Å². The number of carboxylic acid groups (broad SMARTS) is 1. The number of anilines is 1. The number of carbonyl (C=O) groups is 2. The third-order valence-electron chi connectivity index (χ3n) is 5.23. The highest BCUT2D eigenvalue weighted by Crippen LogP contribution is 2.32. The zero-order chi connectivity index (χ0) is 24.9. The van der Waals surface area contributed by atoms with Crippen molar-refractivity contribution in [3.8, 4) is 0 Å². The Kier molecular flexibility index (Phi) is 8.29. The van der Waals surface area contributed by atoms with Gasteiger partial charge in [-0.1, -0.05) is 12.1 Å². The molecule has 12 heteroatoms. The van der Waals surface area contributed by atoms with Gasteiger partial charge in [0.2, 0.25) is 0 Å². The third kappa shape index (κ3) is 6.98. The number of hydrogen-bond acceptors (Lipinski definition) is 6. The van der Waals surface area contributed by atoms with E-state index in [1.165, 1.54) is 17.0 Å². The number of carboxylic acids is 1. The second-order valence-electron chi connectivity index (χ2n) is 8.03. The molecule has 2 aliphatic heterocycles. The number of benzene rings is 1. The summed E-state index contributed by atoms with van der Waals surface area (Å²) in [5.41, 5.74) is 0.494. The molecule has 1 aromatic carbocycles. The van der Waals surface area contributed by atoms with Crippen LogP contribution in [0.3, 0.4) is 0 Å². The topological polar surface area (TPSA) is 79.3 Å². The van der Waals surface area contributed by atoms with Gasteiger partial charge in [0.05, 0.1) is 24.8 Å². The molecule has 1 atom stereocenters. The number of alkyl halides is 3. The molecule has 1 N–H and O–H groups in total. The van der Waals surface area contributed by atoms with E-state index in [2.05, 4.69) is 4.90 Å². The van der Waals surface area contributed by atoms with Crippen molar-refractivity contribution >= 4 is 28.2 Å². The fraction of sp³-hybridized carbons (Fsp3) is 0.455. The SMILES string of the molecule is Cc1ccc(N2CC3(COCCN(Cc4ccc(F)cc4)C3)OCC2=O)s1.O=C(O)C(F)(F)F. The molecule has 1 spiro atoms. The number of halogens is 4. The smallest absolute Gasteiger partial charge is 0.475 e. The fourth-order valence-electron chi connectivity index (χ4n) is 3.63. The molecule has 0 bridgehead atoms. The van der Waals surface area contributed by atoms with Gasteiger partial charge in [0.1, 0.15) is 18.0 Å². The number of carbonyl (C=O) groups excluding carboxylic acids is 1. The Labute approximate surface area is 197 Å². The molecule has 2 saturated heterocycles. The van der Waals surface area contributed by atoms with Crippen LogP contribution in [0.2, 0.25) is 0 Å². The largest absolute Gasteiger partial charge is 0.490 e. The van der Waals surface area contributed by atoms with Crippen molar-refractivity contribution in [2.24, 2.45) is 0 Å². The maximum Gasteiger partial charge on any atom is 0.490 e. The van der Waals surface area contributed by atoms with Crippen molar-refractivity contribution < 1.29 is 41.7 Å². The summed E-state index contributed by atoms with van der Waals surface area (Å²) in [4.78, 5) is 26.6. The van der Waals surface area contributed by atoms with Crippen molar-refractivity contribution in [3.63, 3.8) is 0 Å². The first-order valence-electron chi connectivity index (χ1n) is 10.3. The van der Waals surface area contributed by atoms with Gasteiger partial charge < -0.3 is 14.6 Å². The molecule has 1 aromatic heterocycles. The summed E-state index contributed by atoms with van der Waals surface area (Å²) in [6, 6.07) is 10.6. The van der Waals surface area contributed by atoms with Crippen LogP contribution in [0.4, 0.5) is 22.6 Å². The Morgan fingerprint density at radius 2 is 1.85 bits per heavy atom. The highest BCUT2D eigenvalue weighted by molar-refractivity contribution is 7.16. The maximum atomic E-state index is 13.2. The molecule has 4 rings (SSSR count).